The van der Waals surface area contributed by atoms with Crippen molar-refractivity contribution in [1.82, 2.24) is 9.21 Å². The zero-order valence-corrected chi connectivity index (χ0v) is 19.0. The minimum absolute atomic E-state index is 0.0773. The van der Waals surface area contributed by atoms with Crippen molar-refractivity contribution in [2.45, 2.75) is 38.1 Å². The van der Waals surface area contributed by atoms with Gasteiger partial charge in [0.05, 0.1) is 10.9 Å². The van der Waals surface area contributed by atoms with Crippen LogP contribution in [0.1, 0.15) is 49.2 Å². The maximum atomic E-state index is 13.6. The molecule has 3 atom stereocenters. The van der Waals surface area contributed by atoms with Crippen molar-refractivity contribution in [2.75, 3.05) is 20.1 Å². The van der Waals surface area contributed by atoms with Crippen LogP contribution in [0.25, 0.3) is 0 Å². The van der Waals surface area contributed by atoms with Gasteiger partial charge >= 0.3 is 0 Å². The summed E-state index contributed by atoms with van der Waals surface area (Å²) < 4.78 is 54.7. The van der Waals surface area contributed by atoms with Crippen molar-refractivity contribution >= 4 is 15.9 Å². The summed E-state index contributed by atoms with van der Waals surface area (Å²) in [4.78, 5) is 14.5. The van der Waals surface area contributed by atoms with Crippen LogP contribution >= 0.6 is 0 Å². The Bertz CT molecular complexity index is 1060. The van der Waals surface area contributed by atoms with Gasteiger partial charge in [0, 0.05) is 25.7 Å². The summed E-state index contributed by atoms with van der Waals surface area (Å²) in [6.07, 6.45) is 0.983. The Morgan fingerprint density at radius 3 is 2.32 bits per heavy atom. The Hall–Kier alpha value is -2.32. The minimum atomic E-state index is -3.72. The Morgan fingerprint density at radius 1 is 1.06 bits per heavy atom. The molecule has 1 fully saturated rings. The second-order valence-corrected chi connectivity index (χ2v) is 10.5. The smallest absolute Gasteiger partial charge is 0.254 e. The number of piperidine rings is 1. The van der Waals surface area contributed by atoms with Gasteiger partial charge in [-0.05, 0) is 61.1 Å². The predicted molar refractivity (Wildman–Crippen MR) is 115 cm³/mol. The van der Waals surface area contributed by atoms with Gasteiger partial charge in [0.1, 0.15) is 0 Å². The molecule has 3 rings (SSSR count). The highest BCUT2D eigenvalue weighted by atomic mass is 32.2. The molecule has 1 amide bonds. The largest absolute Gasteiger partial charge is 0.335 e. The molecule has 0 radical (unpaired) electrons. The molecule has 1 aliphatic rings. The molecule has 0 spiro atoms. The number of sulfonamides is 1. The van der Waals surface area contributed by atoms with E-state index in [2.05, 4.69) is 0 Å². The topological polar surface area (TPSA) is 57.7 Å². The lowest BCUT2D eigenvalue weighted by Crippen LogP contribution is -2.42. The van der Waals surface area contributed by atoms with Crippen molar-refractivity contribution in [3.05, 3.63) is 65.2 Å². The van der Waals surface area contributed by atoms with E-state index in [1.807, 2.05) is 13.8 Å². The SMILES string of the molecule is C[C@@H]1C[C@@H](C)CN(S(=O)(=O)c2cccc(C(=O)N(C)[C@H](C)c3ccc(F)c(F)c3)c2)C1. The van der Waals surface area contributed by atoms with E-state index in [-0.39, 0.29) is 22.3 Å². The lowest BCUT2D eigenvalue weighted by atomic mass is 9.94. The molecule has 1 saturated heterocycles. The van der Waals surface area contributed by atoms with Crippen molar-refractivity contribution in [3.63, 3.8) is 0 Å². The molecule has 5 nitrogen and oxygen atoms in total. The molecule has 0 aliphatic carbocycles. The summed E-state index contributed by atoms with van der Waals surface area (Å²) in [5.74, 6) is -1.81. The molecule has 0 unspecified atom stereocenters. The number of carbonyl (C=O) groups excluding carboxylic acids is 1. The molecule has 0 bridgehead atoms. The number of hydrogen-bond acceptors (Lipinski definition) is 3. The molecule has 1 heterocycles. The molecule has 0 saturated carbocycles. The van der Waals surface area contributed by atoms with Crippen LogP contribution in [0.15, 0.2) is 47.4 Å². The standard InChI is InChI=1S/C23H28F2N2O3S/c1-15-10-16(2)14-27(13-15)31(29,30)20-7-5-6-19(11-20)23(28)26(4)17(3)18-8-9-21(24)22(25)12-18/h5-9,11-12,15-17H,10,13-14H2,1-4H3/t15-,16-,17-/m1/s1. The van der Waals surface area contributed by atoms with Crippen molar-refractivity contribution in [3.8, 4) is 0 Å². The number of benzene rings is 2. The third kappa shape index (κ3) is 4.96. The quantitative estimate of drug-likeness (QED) is 0.676. The van der Waals surface area contributed by atoms with Crippen LogP contribution in [0, 0.1) is 23.5 Å². The van der Waals surface area contributed by atoms with Gasteiger partial charge in [0.15, 0.2) is 11.6 Å². The van der Waals surface area contributed by atoms with Crippen molar-refractivity contribution in [2.24, 2.45) is 11.8 Å². The normalized spacial score (nSPS) is 21.0. The molecule has 0 N–H and O–H groups in total. The average Bonchev–Trinajstić information content (AvgIpc) is 2.73. The monoisotopic (exact) mass is 450 g/mol. The average molecular weight is 451 g/mol. The van der Waals surface area contributed by atoms with E-state index in [1.54, 1.807) is 26.1 Å². The molecule has 8 heteroatoms. The van der Waals surface area contributed by atoms with Crippen LogP contribution in [-0.4, -0.2) is 43.7 Å². The molecule has 2 aromatic rings. The van der Waals surface area contributed by atoms with Gasteiger partial charge < -0.3 is 4.90 Å². The highest BCUT2D eigenvalue weighted by Gasteiger charge is 2.32. The van der Waals surface area contributed by atoms with E-state index in [0.29, 0.717) is 18.7 Å². The van der Waals surface area contributed by atoms with Gasteiger partial charge in [-0.1, -0.05) is 26.0 Å². The predicted octanol–water partition coefficient (Wildman–Crippen LogP) is 4.46. The number of rotatable bonds is 5. The number of halogens is 2. The Kier molecular flexibility index (Phi) is 6.81. The first kappa shape index (κ1) is 23.3. The lowest BCUT2D eigenvalue weighted by molar-refractivity contribution is 0.0742. The van der Waals surface area contributed by atoms with E-state index in [9.17, 15) is 22.0 Å². The first-order valence-corrected chi connectivity index (χ1v) is 11.8. The van der Waals surface area contributed by atoms with Crippen molar-refractivity contribution < 1.29 is 22.0 Å². The maximum Gasteiger partial charge on any atom is 0.254 e. The third-order valence-electron chi connectivity index (χ3n) is 5.88. The van der Waals surface area contributed by atoms with Gasteiger partial charge in [-0.2, -0.15) is 4.31 Å². The minimum Gasteiger partial charge on any atom is -0.335 e. The zero-order valence-electron chi connectivity index (χ0n) is 18.2. The second-order valence-electron chi connectivity index (χ2n) is 8.56. The van der Waals surface area contributed by atoms with Crippen LogP contribution in [0.4, 0.5) is 8.78 Å². The van der Waals surface area contributed by atoms with E-state index in [0.717, 1.165) is 18.6 Å². The van der Waals surface area contributed by atoms with E-state index < -0.39 is 33.6 Å². The Labute approximate surface area is 182 Å². The molecular formula is C23H28F2N2O3S. The second kappa shape index (κ2) is 9.04. The first-order chi connectivity index (χ1) is 14.5. The number of carbonyl (C=O) groups is 1. The zero-order chi connectivity index (χ0) is 22.9. The fourth-order valence-corrected chi connectivity index (χ4v) is 5.84. The number of amides is 1. The molecule has 2 aromatic carbocycles. The van der Waals surface area contributed by atoms with Gasteiger partial charge in [-0.3, -0.25) is 4.79 Å². The fraction of sp³-hybridized carbons (Fsp3) is 0.435. The number of nitrogens with zero attached hydrogens (tertiary/aromatic N) is 2. The van der Waals surface area contributed by atoms with Crippen LogP contribution in [0.5, 0.6) is 0 Å². The summed E-state index contributed by atoms with van der Waals surface area (Å²) in [5, 5.41) is 0. The van der Waals surface area contributed by atoms with E-state index in [4.69, 9.17) is 0 Å². The molecule has 31 heavy (non-hydrogen) atoms. The third-order valence-corrected chi connectivity index (χ3v) is 7.71. The van der Waals surface area contributed by atoms with Gasteiger partial charge in [-0.15, -0.1) is 0 Å². The fourth-order valence-electron chi connectivity index (χ4n) is 4.12. The molecule has 168 valence electrons. The molecule has 1 aliphatic heterocycles. The highest BCUT2D eigenvalue weighted by molar-refractivity contribution is 7.89. The molecule has 0 aromatic heterocycles. The van der Waals surface area contributed by atoms with Crippen molar-refractivity contribution in [1.29, 1.82) is 0 Å². The summed E-state index contributed by atoms with van der Waals surface area (Å²) in [6.45, 7) is 6.68. The van der Waals surface area contributed by atoms with Gasteiger partial charge in [-0.25, -0.2) is 17.2 Å². The summed E-state index contributed by atoms with van der Waals surface area (Å²) in [7, 11) is -2.18. The van der Waals surface area contributed by atoms with Crippen LogP contribution < -0.4 is 0 Å². The van der Waals surface area contributed by atoms with Gasteiger partial charge in [0.2, 0.25) is 10.0 Å². The highest BCUT2D eigenvalue weighted by Crippen LogP contribution is 2.28. The lowest BCUT2D eigenvalue weighted by Gasteiger charge is -2.34. The van der Waals surface area contributed by atoms with Crippen LogP contribution in [0.3, 0.4) is 0 Å². The van der Waals surface area contributed by atoms with E-state index in [1.165, 1.54) is 27.4 Å². The van der Waals surface area contributed by atoms with E-state index >= 15 is 0 Å². The van der Waals surface area contributed by atoms with Gasteiger partial charge in [0.25, 0.3) is 5.91 Å². The maximum absolute atomic E-state index is 13.6. The van der Waals surface area contributed by atoms with Crippen LogP contribution in [-0.2, 0) is 10.0 Å². The summed E-state index contributed by atoms with van der Waals surface area (Å²) in [5.41, 5.74) is 0.658. The summed E-state index contributed by atoms with van der Waals surface area (Å²) in [6, 6.07) is 8.95. The molecular weight excluding hydrogens is 422 g/mol. The Morgan fingerprint density at radius 2 is 1.71 bits per heavy atom. The van der Waals surface area contributed by atoms with Crippen LogP contribution in [0.2, 0.25) is 0 Å². The summed E-state index contributed by atoms with van der Waals surface area (Å²) >= 11 is 0. The number of hydrogen-bond donors (Lipinski definition) is 0. The first-order valence-electron chi connectivity index (χ1n) is 10.3. The Balaban J connectivity index is 1.84.